The zero-order valence-corrected chi connectivity index (χ0v) is 15.5. The number of fused-ring (bicyclic) bond motifs is 1. The summed E-state index contributed by atoms with van der Waals surface area (Å²) in [6, 6.07) is 10.6. The third-order valence-corrected chi connectivity index (χ3v) is 5.76. The number of benzene rings is 1. The van der Waals surface area contributed by atoms with Gasteiger partial charge in [0, 0.05) is 42.6 Å². The minimum Gasteiger partial charge on any atom is -0.379 e. The van der Waals surface area contributed by atoms with Crippen LogP contribution in [0.15, 0.2) is 34.8 Å². The number of rotatable bonds is 3. The standard InChI is InChI=1S/C19H24BrN3O/c20-17-5-1-4-16-6-7-18(21-19(16)17)23-8-2-3-15(14-23)13-22-9-11-24-12-10-22/h1,4-7,15H,2-3,8-14H2. The highest BCUT2D eigenvalue weighted by Gasteiger charge is 2.24. The molecule has 2 aliphatic rings. The molecule has 128 valence electrons. The van der Waals surface area contributed by atoms with E-state index in [0.717, 1.165) is 61.1 Å². The molecule has 1 aromatic heterocycles. The molecule has 2 fully saturated rings. The molecular weight excluding hydrogens is 366 g/mol. The van der Waals surface area contributed by atoms with Crippen molar-refractivity contribution < 1.29 is 4.74 Å². The fourth-order valence-corrected chi connectivity index (χ4v) is 4.32. The molecule has 0 N–H and O–H groups in total. The molecule has 5 heteroatoms. The second kappa shape index (κ2) is 7.38. The van der Waals surface area contributed by atoms with Gasteiger partial charge in [-0.1, -0.05) is 12.1 Å². The Morgan fingerprint density at radius 2 is 2.00 bits per heavy atom. The summed E-state index contributed by atoms with van der Waals surface area (Å²) in [4.78, 5) is 9.95. The Hall–Kier alpha value is -1.17. The van der Waals surface area contributed by atoms with E-state index < -0.39 is 0 Å². The molecule has 4 nitrogen and oxygen atoms in total. The van der Waals surface area contributed by atoms with Crippen LogP contribution in [0.1, 0.15) is 12.8 Å². The van der Waals surface area contributed by atoms with Crippen molar-refractivity contribution in [2.75, 3.05) is 50.8 Å². The number of hydrogen-bond donors (Lipinski definition) is 0. The summed E-state index contributed by atoms with van der Waals surface area (Å²) in [7, 11) is 0. The molecule has 0 saturated carbocycles. The molecule has 3 heterocycles. The number of para-hydroxylation sites is 1. The van der Waals surface area contributed by atoms with Crippen LogP contribution in [-0.4, -0.2) is 55.8 Å². The van der Waals surface area contributed by atoms with E-state index in [9.17, 15) is 0 Å². The van der Waals surface area contributed by atoms with E-state index in [1.807, 2.05) is 0 Å². The van der Waals surface area contributed by atoms with Crippen LogP contribution in [0.2, 0.25) is 0 Å². The first-order valence-electron chi connectivity index (χ1n) is 8.90. The van der Waals surface area contributed by atoms with Crippen molar-refractivity contribution >= 4 is 32.7 Å². The van der Waals surface area contributed by atoms with Gasteiger partial charge in [-0.15, -0.1) is 0 Å². The van der Waals surface area contributed by atoms with Crippen molar-refractivity contribution in [1.82, 2.24) is 9.88 Å². The lowest BCUT2D eigenvalue weighted by atomic mass is 9.97. The van der Waals surface area contributed by atoms with Crippen molar-refractivity contribution in [3.8, 4) is 0 Å². The van der Waals surface area contributed by atoms with E-state index in [0.29, 0.717) is 0 Å². The second-order valence-electron chi connectivity index (χ2n) is 6.85. The molecule has 4 rings (SSSR count). The average Bonchev–Trinajstić information content (AvgIpc) is 2.63. The van der Waals surface area contributed by atoms with E-state index in [1.54, 1.807) is 0 Å². The molecule has 0 aliphatic carbocycles. The molecule has 0 amide bonds. The molecule has 1 unspecified atom stereocenters. The van der Waals surface area contributed by atoms with Crippen LogP contribution >= 0.6 is 15.9 Å². The number of ether oxygens (including phenoxy) is 1. The summed E-state index contributed by atoms with van der Waals surface area (Å²) >= 11 is 3.63. The van der Waals surface area contributed by atoms with Gasteiger partial charge in [-0.3, -0.25) is 4.90 Å². The van der Waals surface area contributed by atoms with E-state index in [1.165, 1.54) is 24.8 Å². The van der Waals surface area contributed by atoms with Gasteiger partial charge in [0.15, 0.2) is 0 Å². The summed E-state index contributed by atoms with van der Waals surface area (Å²) in [6.45, 7) is 7.35. The van der Waals surface area contributed by atoms with E-state index in [4.69, 9.17) is 9.72 Å². The van der Waals surface area contributed by atoms with Crippen LogP contribution in [-0.2, 0) is 4.74 Å². The fourth-order valence-electron chi connectivity index (χ4n) is 3.85. The quantitative estimate of drug-likeness (QED) is 0.802. The minimum absolute atomic E-state index is 0.730. The Morgan fingerprint density at radius 1 is 1.12 bits per heavy atom. The van der Waals surface area contributed by atoms with Crippen molar-refractivity contribution in [2.24, 2.45) is 5.92 Å². The number of halogens is 1. The summed E-state index contributed by atoms with van der Waals surface area (Å²) in [5.41, 5.74) is 1.06. The lowest BCUT2D eigenvalue weighted by molar-refractivity contribution is 0.0296. The normalized spacial score (nSPS) is 22.9. The second-order valence-corrected chi connectivity index (χ2v) is 7.70. The first-order chi connectivity index (χ1) is 11.8. The Bertz CT molecular complexity index is 702. The SMILES string of the molecule is Brc1cccc2ccc(N3CCCC(CN4CCOCC4)C3)nc12. The average molecular weight is 390 g/mol. The van der Waals surface area contributed by atoms with Gasteiger partial charge >= 0.3 is 0 Å². The number of hydrogen-bond acceptors (Lipinski definition) is 4. The lowest BCUT2D eigenvalue weighted by Gasteiger charge is -2.37. The van der Waals surface area contributed by atoms with Gasteiger partial charge < -0.3 is 9.64 Å². The Morgan fingerprint density at radius 3 is 2.88 bits per heavy atom. The van der Waals surface area contributed by atoms with E-state index in [2.05, 4.69) is 56.1 Å². The van der Waals surface area contributed by atoms with Gasteiger partial charge in [0.1, 0.15) is 5.82 Å². The van der Waals surface area contributed by atoms with Crippen LogP contribution in [0, 0.1) is 5.92 Å². The first-order valence-corrected chi connectivity index (χ1v) is 9.69. The highest BCUT2D eigenvalue weighted by Crippen LogP contribution is 2.27. The van der Waals surface area contributed by atoms with Crippen molar-refractivity contribution in [2.45, 2.75) is 12.8 Å². The molecule has 0 bridgehead atoms. The summed E-state index contributed by atoms with van der Waals surface area (Å²) in [6.07, 6.45) is 2.58. The topological polar surface area (TPSA) is 28.6 Å². The largest absolute Gasteiger partial charge is 0.379 e. The van der Waals surface area contributed by atoms with Crippen molar-refractivity contribution in [3.05, 3.63) is 34.8 Å². The lowest BCUT2D eigenvalue weighted by Crippen LogP contribution is -2.44. The predicted molar refractivity (Wildman–Crippen MR) is 102 cm³/mol. The molecular formula is C19H24BrN3O. The first kappa shape index (κ1) is 16.3. The molecule has 0 spiro atoms. The predicted octanol–water partition coefficient (Wildman–Crippen LogP) is 3.55. The summed E-state index contributed by atoms with van der Waals surface area (Å²) < 4.78 is 6.54. The van der Waals surface area contributed by atoms with Crippen LogP contribution in [0.25, 0.3) is 10.9 Å². The van der Waals surface area contributed by atoms with Crippen molar-refractivity contribution in [3.63, 3.8) is 0 Å². The highest BCUT2D eigenvalue weighted by atomic mass is 79.9. The van der Waals surface area contributed by atoms with E-state index in [-0.39, 0.29) is 0 Å². The fraction of sp³-hybridized carbons (Fsp3) is 0.526. The molecule has 1 atom stereocenters. The molecule has 1 aromatic carbocycles. The van der Waals surface area contributed by atoms with Gasteiger partial charge in [-0.2, -0.15) is 0 Å². The Kier molecular flexibility index (Phi) is 5.01. The van der Waals surface area contributed by atoms with Crippen LogP contribution < -0.4 is 4.90 Å². The monoisotopic (exact) mass is 389 g/mol. The van der Waals surface area contributed by atoms with E-state index >= 15 is 0 Å². The molecule has 2 aliphatic heterocycles. The zero-order valence-electron chi connectivity index (χ0n) is 14.0. The Balaban J connectivity index is 1.48. The summed E-state index contributed by atoms with van der Waals surface area (Å²) in [5.74, 6) is 1.84. The van der Waals surface area contributed by atoms with Crippen LogP contribution in [0.4, 0.5) is 5.82 Å². The zero-order chi connectivity index (χ0) is 16.4. The minimum atomic E-state index is 0.730. The van der Waals surface area contributed by atoms with Gasteiger partial charge in [0.25, 0.3) is 0 Å². The van der Waals surface area contributed by atoms with Gasteiger partial charge in [-0.05, 0) is 52.9 Å². The number of piperidine rings is 1. The number of morpholine rings is 1. The van der Waals surface area contributed by atoms with Crippen LogP contribution in [0.5, 0.6) is 0 Å². The maximum atomic E-state index is 5.46. The maximum absolute atomic E-state index is 5.46. The van der Waals surface area contributed by atoms with Gasteiger partial charge in [0.05, 0.1) is 18.7 Å². The maximum Gasteiger partial charge on any atom is 0.129 e. The molecule has 2 aromatic rings. The van der Waals surface area contributed by atoms with Crippen LogP contribution in [0.3, 0.4) is 0 Å². The third-order valence-electron chi connectivity index (χ3n) is 5.12. The molecule has 2 saturated heterocycles. The molecule has 24 heavy (non-hydrogen) atoms. The highest BCUT2D eigenvalue weighted by molar-refractivity contribution is 9.10. The number of pyridine rings is 1. The Labute approximate surface area is 151 Å². The number of anilines is 1. The third kappa shape index (κ3) is 3.58. The smallest absolute Gasteiger partial charge is 0.129 e. The molecule has 0 radical (unpaired) electrons. The number of nitrogens with zero attached hydrogens (tertiary/aromatic N) is 3. The number of aromatic nitrogens is 1. The van der Waals surface area contributed by atoms with Crippen molar-refractivity contribution in [1.29, 1.82) is 0 Å². The van der Waals surface area contributed by atoms with Gasteiger partial charge in [-0.25, -0.2) is 4.98 Å². The summed E-state index contributed by atoms with van der Waals surface area (Å²) in [5, 5.41) is 1.19. The van der Waals surface area contributed by atoms with Gasteiger partial charge in [0.2, 0.25) is 0 Å².